The first-order chi connectivity index (χ1) is 12.5. The van der Waals surface area contributed by atoms with Crippen molar-refractivity contribution in [1.29, 1.82) is 5.26 Å². The average molecular weight is 371 g/mol. The topological polar surface area (TPSA) is 116 Å². The summed E-state index contributed by atoms with van der Waals surface area (Å²) in [7, 11) is 0. The quantitative estimate of drug-likeness (QED) is 0.856. The van der Waals surface area contributed by atoms with E-state index in [-0.39, 0.29) is 29.0 Å². The number of hydrogen-bond acceptors (Lipinski definition) is 6. The van der Waals surface area contributed by atoms with Crippen molar-refractivity contribution in [3.8, 4) is 6.07 Å². The lowest BCUT2D eigenvalue weighted by molar-refractivity contribution is -0.131. The molecule has 1 aromatic carbocycles. The van der Waals surface area contributed by atoms with Gasteiger partial charge < -0.3 is 15.5 Å². The highest BCUT2D eigenvalue weighted by molar-refractivity contribution is 6.29. The third-order valence-corrected chi connectivity index (χ3v) is 4.27. The Morgan fingerprint density at radius 3 is 2.62 bits per heavy atom. The summed E-state index contributed by atoms with van der Waals surface area (Å²) >= 11 is 5.77. The molecule has 0 saturated carbocycles. The Balaban J connectivity index is 1.71. The predicted octanol–water partition coefficient (Wildman–Crippen LogP) is 0.949. The van der Waals surface area contributed by atoms with Crippen molar-refractivity contribution in [2.75, 3.05) is 24.5 Å². The van der Waals surface area contributed by atoms with Gasteiger partial charge in [0.05, 0.1) is 23.7 Å². The van der Waals surface area contributed by atoms with Crippen LogP contribution in [-0.2, 0) is 11.3 Å². The second-order valence-electron chi connectivity index (χ2n) is 5.81. The third kappa shape index (κ3) is 3.73. The fourth-order valence-electron chi connectivity index (χ4n) is 2.74. The Hall–Kier alpha value is -3.18. The molecule has 8 nitrogen and oxygen atoms in total. The second-order valence-corrected chi connectivity index (χ2v) is 6.20. The molecule has 2 aromatic rings. The Bertz CT molecular complexity index is 893. The number of carbonyl (C=O) groups excluding carboxylic acids is 2. The molecule has 0 bridgehead atoms. The molecule has 0 radical (unpaired) electrons. The van der Waals surface area contributed by atoms with Crippen LogP contribution >= 0.6 is 11.6 Å². The number of amides is 2. The summed E-state index contributed by atoms with van der Waals surface area (Å²) in [5.41, 5.74) is 7.02. The monoisotopic (exact) mass is 370 g/mol. The molecule has 1 aliphatic heterocycles. The minimum Gasteiger partial charge on any atom is -0.365 e. The maximum absolute atomic E-state index is 12.5. The smallest absolute Gasteiger partial charge is 0.252 e. The summed E-state index contributed by atoms with van der Waals surface area (Å²) in [5.74, 6) is -0.523. The summed E-state index contributed by atoms with van der Waals surface area (Å²) in [6, 6.07) is 10.5. The normalized spacial score (nSPS) is 14.2. The number of primary amides is 1. The van der Waals surface area contributed by atoms with Gasteiger partial charge in [-0.05, 0) is 23.8 Å². The lowest BCUT2D eigenvalue weighted by Gasteiger charge is -2.35. The molecule has 1 aliphatic rings. The van der Waals surface area contributed by atoms with Crippen LogP contribution in [0.2, 0.25) is 5.15 Å². The Kier molecular flexibility index (Phi) is 5.00. The molecule has 3 rings (SSSR count). The van der Waals surface area contributed by atoms with Crippen molar-refractivity contribution in [3.05, 3.63) is 52.2 Å². The number of aromatic nitrogens is 2. The van der Waals surface area contributed by atoms with E-state index in [0.717, 1.165) is 5.56 Å². The molecule has 1 aromatic heterocycles. The first-order valence-corrected chi connectivity index (χ1v) is 8.20. The van der Waals surface area contributed by atoms with Crippen LogP contribution in [0, 0.1) is 11.3 Å². The molecular weight excluding hydrogens is 356 g/mol. The molecule has 9 heteroatoms. The number of carbonyl (C=O) groups is 2. The molecule has 0 atom stereocenters. The van der Waals surface area contributed by atoms with E-state index < -0.39 is 5.91 Å². The molecule has 26 heavy (non-hydrogen) atoms. The van der Waals surface area contributed by atoms with Gasteiger partial charge in [-0.25, -0.2) is 0 Å². The zero-order chi connectivity index (χ0) is 18.7. The molecule has 2 N–H and O–H groups in total. The minimum absolute atomic E-state index is 0.0624. The zero-order valence-corrected chi connectivity index (χ0v) is 14.5. The van der Waals surface area contributed by atoms with Gasteiger partial charge >= 0.3 is 0 Å². The molecule has 0 aliphatic carbocycles. The summed E-state index contributed by atoms with van der Waals surface area (Å²) < 4.78 is 0. The Morgan fingerprint density at radius 1 is 1.27 bits per heavy atom. The van der Waals surface area contributed by atoms with Gasteiger partial charge in [-0.3, -0.25) is 9.59 Å². The number of nitrogens with two attached hydrogens (primary N) is 1. The van der Waals surface area contributed by atoms with Gasteiger partial charge in [0.15, 0.2) is 11.0 Å². The lowest BCUT2D eigenvalue weighted by atomic mass is 10.1. The van der Waals surface area contributed by atoms with Gasteiger partial charge in [0.2, 0.25) is 5.91 Å². The number of rotatable bonds is 4. The summed E-state index contributed by atoms with van der Waals surface area (Å²) in [6.45, 7) is 1.46. The van der Waals surface area contributed by atoms with Crippen molar-refractivity contribution >= 4 is 29.2 Å². The highest BCUT2D eigenvalue weighted by Crippen LogP contribution is 2.21. The van der Waals surface area contributed by atoms with Crippen LogP contribution in [0.5, 0.6) is 0 Å². The second kappa shape index (κ2) is 7.37. The standard InChI is InChI=1S/C17H15ClN6O2/c18-14-7-13(16(20)26)17(22-21-14)24-6-5-23(15(25)10-24)9-12-3-1-11(8-19)2-4-12/h1-4,7H,5-6,9-10H2,(H2,20,26). The fourth-order valence-corrected chi connectivity index (χ4v) is 2.88. The predicted molar refractivity (Wildman–Crippen MR) is 94.3 cm³/mol. The van der Waals surface area contributed by atoms with E-state index >= 15 is 0 Å². The summed E-state index contributed by atoms with van der Waals surface area (Å²) in [5, 5.41) is 16.6. The summed E-state index contributed by atoms with van der Waals surface area (Å²) in [6.07, 6.45) is 0. The maximum Gasteiger partial charge on any atom is 0.252 e. The van der Waals surface area contributed by atoms with E-state index in [2.05, 4.69) is 16.3 Å². The van der Waals surface area contributed by atoms with Crippen LogP contribution in [0.25, 0.3) is 0 Å². The molecule has 1 fully saturated rings. The molecule has 2 heterocycles. The van der Waals surface area contributed by atoms with Crippen LogP contribution in [0.3, 0.4) is 0 Å². The molecule has 0 spiro atoms. The van der Waals surface area contributed by atoms with E-state index in [4.69, 9.17) is 22.6 Å². The Labute approximate surface area is 154 Å². The fraction of sp³-hybridized carbons (Fsp3) is 0.235. The number of piperazine rings is 1. The van der Waals surface area contributed by atoms with E-state index in [1.807, 2.05) is 12.1 Å². The zero-order valence-electron chi connectivity index (χ0n) is 13.7. The number of halogens is 1. The summed E-state index contributed by atoms with van der Waals surface area (Å²) in [4.78, 5) is 27.5. The average Bonchev–Trinajstić information content (AvgIpc) is 2.64. The van der Waals surface area contributed by atoms with Crippen LogP contribution < -0.4 is 10.6 Å². The highest BCUT2D eigenvalue weighted by Gasteiger charge is 2.27. The maximum atomic E-state index is 12.5. The van der Waals surface area contributed by atoms with Gasteiger partial charge in [0.1, 0.15) is 0 Å². The van der Waals surface area contributed by atoms with Gasteiger partial charge in [-0.2, -0.15) is 5.26 Å². The number of benzene rings is 1. The minimum atomic E-state index is -0.677. The highest BCUT2D eigenvalue weighted by atomic mass is 35.5. The molecule has 132 valence electrons. The number of hydrogen-bond donors (Lipinski definition) is 1. The van der Waals surface area contributed by atoms with Crippen molar-refractivity contribution in [3.63, 3.8) is 0 Å². The molecular formula is C17H15ClN6O2. The SMILES string of the molecule is N#Cc1ccc(CN2CCN(c3nnc(Cl)cc3C(N)=O)CC2=O)cc1. The van der Waals surface area contributed by atoms with E-state index in [1.165, 1.54) is 6.07 Å². The van der Waals surface area contributed by atoms with Crippen LogP contribution in [0.15, 0.2) is 30.3 Å². The van der Waals surface area contributed by atoms with E-state index in [0.29, 0.717) is 25.2 Å². The number of anilines is 1. The molecule has 0 unspecified atom stereocenters. The number of nitrogens with zero attached hydrogens (tertiary/aromatic N) is 5. The van der Waals surface area contributed by atoms with Gasteiger partial charge in [-0.1, -0.05) is 23.7 Å². The van der Waals surface area contributed by atoms with Crippen LogP contribution in [0.1, 0.15) is 21.5 Å². The van der Waals surface area contributed by atoms with Crippen LogP contribution in [-0.4, -0.2) is 46.5 Å². The van der Waals surface area contributed by atoms with Gasteiger partial charge in [0, 0.05) is 19.6 Å². The third-order valence-electron chi connectivity index (χ3n) is 4.08. The van der Waals surface area contributed by atoms with Crippen molar-refractivity contribution in [2.24, 2.45) is 5.73 Å². The largest absolute Gasteiger partial charge is 0.365 e. The van der Waals surface area contributed by atoms with Crippen molar-refractivity contribution in [2.45, 2.75) is 6.54 Å². The van der Waals surface area contributed by atoms with Gasteiger partial charge in [0.25, 0.3) is 5.91 Å². The van der Waals surface area contributed by atoms with Crippen molar-refractivity contribution < 1.29 is 9.59 Å². The van der Waals surface area contributed by atoms with E-state index in [9.17, 15) is 9.59 Å². The first-order valence-electron chi connectivity index (χ1n) is 7.82. The van der Waals surface area contributed by atoms with Gasteiger partial charge in [-0.15, -0.1) is 10.2 Å². The van der Waals surface area contributed by atoms with Crippen molar-refractivity contribution in [1.82, 2.24) is 15.1 Å². The van der Waals surface area contributed by atoms with E-state index in [1.54, 1.807) is 21.9 Å². The molecule has 1 saturated heterocycles. The Morgan fingerprint density at radius 2 is 2.00 bits per heavy atom. The first kappa shape index (κ1) is 17.6. The molecule has 2 amide bonds. The van der Waals surface area contributed by atoms with Crippen LogP contribution in [0.4, 0.5) is 5.82 Å². The number of nitriles is 1. The lowest BCUT2D eigenvalue weighted by Crippen LogP contribution is -2.50.